The topological polar surface area (TPSA) is 70.7 Å². The summed E-state index contributed by atoms with van der Waals surface area (Å²) in [5.41, 5.74) is 0. The monoisotopic (exact) mass is 311 g/mol. The first-order valence-corrected chi connectivity index (χ1v) is 8.40. The van der Waals surface area contributed by atoms with Crippen molar-refractivity contribution in [2.75, 3.05) is 26.2 Å². The number of carbonyl (C=O) groups excluding carboxylic acids is 2. The quantitative estimate of drug-likeness (QED) is 0.825. The summed E-state index contributed by atoms with van der Waals surface area (Å²) in [5, 5.41) is 5.42. The molecule has 126 valence electrons. The smallest absolute Gasteiger partial charge is 0.321 e. The number of amides is 3. The van der Waals surface area contributed by atoms with Crippen LogP contribution in [0.1, 0.15) is 40.0 Å². The normalized spacial score (nSPS) is 33.2. The number of nitrogens with zero attached hydrogens (tertiary/aromatic N) is 1. The summed E-state index contributed by atoms with van der Waals surface area (Å²) < 4.78 is 5.44. The van der Waals surface area contributed by atoms with Gasteiger partial charge in [0.05, 0.1) is 19.3 Å². The number of ether oxygens (including phenoxy) is 1. The van der Waals surface area contributed by atoms with Crippen molar-refractivity contribution in [1.82, 2.24) is 15.5 Å². The van der Waals surface area contributed by atoms with Crippen molar-refractivity contribution in [2.45, 2.75) is 52.2 Å². The number of carbonyl (C=O) groups is 2. The van der Waals surface area contributed by atoms with E-state index in [-0.39, 0.29) is 30.6 Å². The molecule has 0 bridgehead atoms. The minimum absolute atomic E-state index is 0.139. The molecule has 4 atom stereocenters. The summed E-state index contributed by atoms with van der Waals surface area (Å²) in [6.45, 7) is 8.73. The molecule has 3 amide bonds. The van der Waals surface area contributed by atoms with Gasteiger partial charge < -0.3 is 10.1 Å². The third kappa shape index (κ3) is 4.95. The summed E-state index contributed by atoms with van der Waals surface area (Å²) in [5.74, 6) is 0.822. The van der Waals surface area contributed by atoms with Crippen molar-refractivity contribution < 1.29 is 14.3 Å². The maximum absolute atomic E-state index is 12.0. The first-order valence-electron chi connectivity index (χ1n) is 8.40. The fourth-order valence-electron chi connectivity index (χ4n) is 3.39. The van der Waals surface area contributed by atoms with E-state index in [1.165, 1.54) is 6.42 Å². The molecule has 0 spiro atoms. The van der Waals surface area contributed by atoms with Crippen molar-refractivity contribution in [3.8, 4) is 0 Å². The van der Waals surface area contributed by atoms with Crippen LogP contribution >= 0.6 is 0 Å². The molecular formula is C16H29N3O3. The van der Waals surface area contributed by atoms with E-state index in [2.05, 4.69) is 24.5 Å². The molecule has 2 rings (SSSR count). The highest BCUT2D eigenvalue weighted by Crippen LogP contribution is 2.29. The zero-order valence-corrected chi connectivity index (χ0v) is 13.9. The Morgan fingerprint density at radius 1 is 1.23 bits per heavy atom. The van der Waals surface area contributed by atoms with Crippen LogP contribution in [0.25, 0.3) is 0 Å². The molecule has 6 nitrogen and oxygen atoms in total. The van der Waals surface area contributed by atoms with Crippen molar-refractivity contribution in [3.63, 3.8) is 0 Å². The highest BCUT2D eigenvalue weighted by Gasteiger charge is 2.28. The van der Waals surface area contributed by atoms with E-state index in [4.69, 9.17) is 4.74 Å². The van der Waals surface area contributed by atoms with E-state index in [9.17, 15) is 9.59 Å². The molecular weight excluding hydrogens is 282 g/mol. The number of urea groups is 1. The van der Waals surface area contributed by atoms with Crippen LogP contribution in [0.4, 0.5) is 4.79 Å². The molecule has 1 aliphatic carbocycles. The van der Waals surface area contributed by atoms with E-state index in [1.54, 1.807) is 0 Å². The zero-order valence-electron chi connectivity index (χ0n) is 13.9. The molecule has 0 aromatic carbocycles. The van der Waals surface area contributed by atoms with E-state index >= 15 is 0 Å². The van der Waals surface area contributed by atoms with Crippen molar-refractivity contribution >= 4 is 11.9 Å². The second-order valence-electron chi connectivity index (χ2n) is 6.81. The summed E-state index contributed by atoms with van der Waals surface area (Å²) in [6, 6.07) is -0.197. The maximum Gasteiger partial charge on any atom is 0.321 e. The van der Waals surface area contributed by atoms with Crippen LogP contribution in [0, 0.1) is 11.8 Å². The molecule has 1 aliphatic heterocycles. The SMILES string of the molecule is C[C@H]1[C@H](C)CCC[C@H]1NC(=O)NC(=O)CN1CCO[C@H](C)C1. The highest BCUT2D eigenvalue weighted by molar-refractivity contribution is 5.95. The molecule has 1 saturated carbocycles. The lowest BCUT2D eigenvalue weighted by Crippen LogP contribution is -2.52. The van der Waals surface area contributed by atoms with Crippen molar-refractivity contribution in [1.29, 1.82) is 0 Å². The minimum atomic E-state index is -0.364. The Labute approximate surface area is 132 Å². The second kappa shape index (κ2) is 7.92. The third-order valence-corrected chi connectivity index (χ3v) is 4.97. The van der Waals surface area contributed by atoms with Gasteiger partial charge in [0.25, 0.3) is 0 Å². The van der Waals surface area contributed by atoms with Gasteiger partial charge in [-0.1, -0.05) is 26.7 Å². The summed E-state index contributed by atoms with van der Waals surface area (Å²) >= 11 is 0. The molecule has 22 heavy (non-hydrogen) atoms. The number of hydrogen-bond donors (Lipinski definition) is 2. The van der Waals surface area contributed by atoms with E-state index in [0.29, 0.717) is 18.4 Å². The third-order valence-electron chi connectivity index (χ3n) is 4.97. The van der Waals surface area contributed by atoms with Gasteiger partial charge in [0.1, 0.15) is 0 Å². The van der Waals surface area contributed by atoms with Crippen LogP contribution in [0.15, 0.2) is 0 Å². The van der Waals surface area contributed by atoms with Crippen LogP contribution in [-0.2, 0) is 9.53 Å². The number of nitrogens with one attached hydrogen (secondary N) is 2. The fraction of sp³-hybridized carbons (Fsp3) is 0.875. The molecule has 2 aliphatic rings. The van der Waals surface area contributed by atoms with Gasteiger partial charge in [-0.3, -0.25) is 15.0 Å². The number of hydrogen-bond acceptors (Lipinski definition) is 4. The predicted octanol–water partition coefficient (Wildman–Crippen LogP) is 1.36. The Morgan fingerprint density at radius 2 is 2.00 bits per heavy atom. The lowest BCUT2D eigenvalue weighted by molar-refractivity contribution is -0.123. The van der Waals surface area contributed by atoms with Crippen LogP contribution in [0.3, 0.4) is 0 Å². The lowest BCUT2D eigenvalue weighted by atomic mass is 9.78. The number of imide groups is 1. The largest absolute Gasteiger partial charge is 0.376 e. The van der Waals surface area contributed by atoms with E-state index in [1.807, 2.05) is 11.8 Å². The molecule has 1 heterocycles. The van der Waals surface area contributed by atoms with Crippen molar-refractivity contribution in [3.05, 3.63) is 0 Å². The molecule has 6 heteroatoms. The minimum Gasteiger partial charge on any atom is -0.376 e. The lowest BCUT2D eigenvalue weighted by Gasteiger charge is -2.34. The Kier molecular flexibility index (Phi) is 6.20. The van der Waals surface area contributed by atoms with E-state index < -0.39 is 0 Å². The second-order valence-corrected chi connectivity index (χ2v) is 6.81. The van der Waals surface area contributed by atoms with Crippen LogP contribution in [0.5, 0.6) is 0 Å². The van der Waals surface area contributed by atoms with Gasteiger partial charge in [0.2, 0.25) is 5.91 Å². The van der Waals surface area contributed by atoms with E-state index in [0.717, 1.165) is 25.9 Å². The Balaban J connectivity index is 1.73. The van der Waals surface area contributed by atoms with Gasteiger partial charge >= 0.3 is 6.03 Å². The van der Waals surface area contributed by atoms with Gasteiger partial charge in [0.15, 0.2) is 0 Å². The maximum atomic E-state index is 12.0. The number of morpholine rings is 1. The summed E-state index contributed by atoms with van der Waals surface area (Å²) in [4.78, 5) is 26.0. The number of rotatable bonds is 3. The molecule has 0 aromatic heterocycles. The van der Waals surface area contributed by atoms with Crippen LogP contribution < -0.4 is 10.6 Å². The van der Waals surface area contributed by atoms with Gasteiger partial charge in [-0.15, -0.1) is 0 Å². The van der Waals surface area contributed by atoms with Crippen LogP contribution in [0.2, 0.25) is 0 Å². The fourth-order valence-corrected chi connectivity index (χ4v) is 3.39. The molecule has 0 radical (unpaired) electrons. The van der Waals surface area contributed by atoms with Crippen LogP contribution in [-0.4, -0.2) is 55.2 Å². The first-order chi connectivity index (χ1) is 10.5. The first kappa shape index (κ1) is 17.2. The Bertz CT molecular complexity index is 402. The molecule has 1 saturated heterocycles. The van der Waals surface area contributed by atoms with Gasteiger partial charge in [-0.25, -0.2) is 4.79 Å². The highest BCUT2D eigenvalue weighted by atomic mass is 16.5. The summed E-state index contributed by atoms with van der Waals surface area (Å²) in [7, 11) is 0. The molecule has 2 N–H and O–H groups in total. The van der Waals surface area contributed by atoms with Gasteiger partial charge in [-0.2, -0.15) is 0 Å². The standard InChI is InChI=1S/C16H29N3O3/c1-11-5-4-6-14(13(11)3)17-16(21)18-15(20)10-19-7-8-22-12(2)9-19/h11-14H,4-10H2,1-3H3,(H2,17,18,20,21)/t11-,12-,13+,14-/m1/s1. The van der Waals surface area contributed by atoms with Gasteiger partial charge in [0, 0.05) is 19.1 Å². The average molecular weight is 311 g/mol. The zero-order chi connectivity index (χ0) is 16.1. The molecule has 0 unspecified atom stereocenters. The predicted molar refractivity (Wildman–Crippen MR) is 84.5 cm³/mol. The molecule has 0 aromatic rings. The summed E-state index contributed by atoms with van der Waals surface area (Å²) in [6.07, 6.45) is 3.49. The van der Waals surface area contributed by atoms with Crippen molar-refractivity contribution in [2.24, 2.45) is 11.8 Å². The Morgan fingerprint density at radius 3 is 2.73 bits per heavy atom. The average Bonchev–Trinajstić information content (AvgIpc) is 2.43. The van der Waals surface area contributed by atoms with Gasteiger partial charge in [-0.05, 0) is 25.2 Å². The molecule has 2 fully saturated rings. The Hall–Kier alpha value is -1.14.